The van der Waals surface area contributed by atoms with Crippen molar-refractivity contribution in [3.8, 4) is 24.7 Å². The zero-order valence-corrected chi connectivity index (χ0v) is 8.38. The fourth-order valence-corrected chi connectivity index (χ4v) is 0.462. The number of rotatable bonds is 0. The van der Waals surface area contributed by atoms with Crippen molar-refractivity contribution in [2.24, 2.45) is 0 Å². The number of aromatic nitrogens is 2. The van der Waals surface area contributed by atoms with E-state index >= 15 is 0 Å². The molecule has 1 N–H and O–H groups in total. The smallest absolute Gasteiger partial charge is 0.115 e. The van der Waals surface area contributed by atoms with E-state index in [1.54, 1.807) is 32.3 Å². The fourth-order valence-electron chi connectivity index (χ4n) is 0.462. The van der Waals surface area contributed by atoms with Gasteiger partial charge in [-0.05, 0) is 19.9 Å². The molecule has 0 aliphatic rings. The highest BCUT2D eigenvalue weighted by Crippen LogP contribution is 1.69. The normalized spacial score (nSPS) is 8.64. The Labute approximate surface area is 85.2 Å². The third-order valence-corrected chi connectivity index (χ3v) is 0.831. The first-order chi connectivity index (χ1) is 6.77. The Morgan fingerprint density at radius 2 is 1.79 bits per heavy atom. The van der Waals surface area contributed by atoms with Crippen molar-refractivity contribution in [1.29, 1.82) is 0 Å². The zero-order valence-electron chi connectivity index (χ0n) is 8.38. The van der Waals surface area contributed by atoms with E-state index in [-0.39, 0.29) is 0 Å². The SMILES string of the molecule is C#C.CC#C[C@@H](C)O.c1cncnc1. The van der Waals surface area contributed by atoms with Crippen molar-refractivity contribution >= 4 is 0 Å². The van der Waals surface area contributed by atoms with Gasteiger partial charge in [0.15, 0.2) is 0 Å². The average molecular weight is 190 g/mol. The first kappa shape index (κ1) is 14.7. The van der Waals surface area contributed by atoms with Crippen LogP contribution in [0.25, 0.3) is 0 Å². The molecule has 0 aliphatic carbocycles. The molecular formula is C11H14N2O. The van der Waals surface area contributed by atoms with Crippen LogP contribution in [0, 0.1) is 24.7 Å². The highest BCUT2D eigenvalue weighted by Gasteiger charge is 1.77. The van der Waals surface area contributed by atoms with E-state index in [0.29, 0.717) is 0 Å². The van der Waals surface area contributed by atoms with Crippen LogP contribution in [0.3, 0.4) is 0 Å². The molecule has 1 heterocycles. The largest absolute Gasteiger partial charge is 0.381 e. The number of aliphatic hydroxyl groups is 1. The summed E-state index contributed by atoms with van der Waals surface area (Å²) < 4.78 is 0. The highest BCUT2D eigenvalue weighted by molar-refractivity contribution is 4.99. The Balaban J connectivity index is 0. The van der Waals surface area contributed by atoms with Gasteiger partial charge in [-0.25, -0.2) is 9.97 Å². The molecule has 3 nitrogen and oxygen atoms in total. The molecule has 1 rings (SSSR count). The molecule has 1 aromatic rings. The van der Waals surface area contributed by atoms with Crippen LogP contribution >= 0.6 is 0 Å². The maximum atomic E-state index is 8.38. The van der Waals surface area contributed by atoms with Crippen LogP contribution in [0.1, 0.15) is 13.8 Å². The standard InChI is InChI=1S/C5H8O.C4H4N2.C2H2/c1-3-4-5(2)6;1-2-5-4-6-3-1;1-2/h5-6H,1-2H3;1-4H;1-2H/t5-;;/m1../s1. The Morgan fingerprint density at radius 1 is 1.29 bits per heavy atom. The number of aliphatic hydroxyl groups excluding tert-OH is 1. The molecular weight excluding hydrogens is 176 g/mol. The summed E-state index contributed by atoms with van der Waals surface area (Å²) in [6.07, 6.45) is 12.4. The quantitative estimate of drug-likeness (QED) is 0.623. The second-order valence-corrected chi connectivity index (χ2v) is 1.97. The predicted octanol–water partition coefficient (Wildman–Crippen LogP) is 1.12. The van der Waals surface area contributed by atoms with Gasteiger partial charge in [-0.1, -0.05) is 5.92 Å². The third kappa shape index (κ3) is 16.6. The van der Waals surface area contributed by atoms with Gasteiger partial charge in [0.05, 0.1) is 0 Å². The summed E-state index contributed by atoms with van der Waals surface area (Å²) in [5, 5.41) is 8.38. The summed E-state index contributed by atoms with van der Waals surface area (Å²) >= 11 is 0. The first-order valence-corrected chi connectivity index (χ1v) is 3.91. The van der Waals surface area contributed by atoms with Gasteiger partial charge in [-0.3, -0.25) is 0 Å². The van der Waals surface area contributed by atoms with Gasteiger partial charge in [0, 0.05) is 12.4 Å². The molecule has 0 unspecified atom stereocenters. The van der Waals surface area contributed by atoms with Crippen LogP contribution < -0.4 is 0 Å². The van der Waals surface area contributed by atoms with E-state index < -0.39 is 6.10 Å². The van der Waals surface area contributed by atoms with E-state index in [2.05, 4.69) is 34.7 Å². The Bertz CT molecular complexity index is 243. The van der Waals surface area contributed by atoms with E-state index in [4.69, 9.17) is 5.11 Å². The first-order valence-electron chi connectivity index (χ1n) is 3.91. The molecule has 14 heavy (non-hydrogen) atoms. The van der Waals surface area contributed by atoms with Crippen molar-refractivity contribution in [1.82, 2.24) is 9.97 Å². The monoisotopic (exact) mass is 190 g/mol. The second-order valence-electron chi connectivity index (χ2n) is 1.97. The molecule has 1 aromatic heterocycles. The van der Waals surface area contributed by atoms with Crippen molar-refractivity contribution in [3.63, 3.8) is 0 Å². The van der Waals surface area contributed by atoms with E-state index in [1.165, 1.54) is 6.33 Å². The molecule has 1 atom stereocenters. The molecule has 0 amide bonds. The molecule has 74 valence electrons. The lowest BCUT2D eigenvalue weighted by Gasteiger charge is -1.82. The van der Waals surface area contributed by atoms with Gasteiger partial charge in [0.2, 0.25) is 0 Å². The lowest BCUT2D eigenvalue weighted by Crippen LogP contribution is -1.91. The van der Waals surface area contributed by atoms with E-state index in [0.717, 1.165) is 0 Å². The third-order valence-electron chi connectivity index (χ3n) is 0.831. The number of terminal acetylenes is 1. The molecule has 0 aromatic carbocycles. The number of nitrogens with zero attached hydrogens (tertiary/aromatic N) is 2. The lowest BCUT2D eigenvalue weighted by atomic mass is 10.4. The minimum Gasteiger partial charge on any atom is -0.381 e. The molecule has 0 saturated heterocycles. The van der Waals surface area contributed by atoms with Gasteiger partial charge in [-0.15, -0.1) is 18.8 Å². The summed E-state index contributed by atoms with van der Waals surface area (Å²) in [4.78, 5) is 7.35. The lowest BCUT2D eigenvalue weighted by molar-refractivity contribution is 0.253. The van der Waals surface area contributed by atoms with E-state index in [9.17, 15) is 0 Å². The van der Waals surface area contributed by atoms with E-state index in [1.807, 2.05) is 0 Å². The highest BCUT2D eigenvalue weighted by atomic mass is 16.3. The van der Waals surface area contributed by atoms with Crippen molar-refractivity contribution in [2.75, 3.05) is 0 Å². The summed E-state index contributed by atoms with van der Waals surface area (Å²) in [6, 6.07) is 1.78. The van der Waals surface area contributed by atoms with Gasteiger partial charge in [0.1, 0.15) is 12.4 Å². The summed E-state index contributed by atoms with van der Waals surface area (Å²) in [7, 11) is 0. The molecule has 0 fully saturated rings. The predicted molar refractivity (Wildman–Crippen MR) is 57.1 cm³/mol. The van der Waals surface area contributed by atoms with Crippen LogP contribution in [-0.2, 0) is 0 Å². The van der Waals surface area contributed by atoms with Crippen LogP contribution in [0.2, 0.25) is 0 Å². The maximum absolute atomic E-state index is 8.38. The van der Waals surface area contributed by atoms with Crippen LogP contribution in [-0.4, -0.2) is 21.2 Å². The van der Waals surface area contributed by atoms with Crippen LogP contribution in [0.4, 0.5) is 0 Å². The van der Waals surface area contributed by atoms with Crippen LogP contribution in [0.5, 0.6) is 0 Å². The molecule has 3 heteroatoms. The van der Waals surface area contributed by atoms with Gasteiger partial charge >= 0.3 is 0 Å². The molecule has 0 bridgehead atoms. The molecule has 0 aliphatic heterocycles. The Morgan fingerprint density at radius 3 is 1.86 bits per heavy atom. The summed E-state index contributed by atoms with van der Waals surface area (Å²) in [5.74, 6) is 5.08. The fraction of sp³-hybridized carbons (Fsp3) is 0.273. The zero-order chi connectivity index (χ0) is 11.2. The van der Waals surface area contributed by atoms with Gasteiger partial charge in [0.25, 0.3) is 0 Å². The average Bonchev–Trinajstić information content (AvgIpc) is 2.24. The minimum atomic E-state index is -0.463. The molecule has 0 saturated carbocycles. The van der Waals surface area contributed by atoms with Gasteiger partial charge in [-0.2, -0.15) is 0 Å². The number of hydrogen-bond acceptors (Lipinski definition) is 3. The minimum absolute atomic E-state index is 0.463. The second kappa shape index (κ2) is 13.7. The van der Waals surface area contributed by atoms with Gasteiger partial charge < -0.3 is 5.11 Å². The summed E-state index contributed by atoms with van der Waals surface area (Å²) in [5.41, 5.74) is 0. The Kier molecular flexibility index (Phi) is 14.4. The van der Waals surface area contributed by atoms with Crippen molar-refractivity contribution < 1.29 is 5.11 Å². The maximum Gasteiger partial charge on any atom is 0.115 e. The van der Waals surface area contributed by atoms with Crippen LogP contribution in [0.15, 0.2) is 24.8 Å². The topological polar surface area (TPSA) is 46.0 Å². The Hall–Kier alpha value is -1.84. The number of hydrogen-bond donors (Lipinski definition) is 1. The summed E-state index contributed by atoms with van der Waals surface area (Å²) in [6.45, 7) is 3.34. The van der Waals surface area contributed by atoms with Crippen molar-refractivity contribution in [3.05, 3.63) is 24.8 Å². The molecule has 0 spiro atoms. The molecule has 0 radical (unpaired) electrons. The van der Waals surface area contributed by atoms with Crippen molar-refractivity contribution in [2.45, 2.75) is 20.0 Å².